The molecular formula is C15H24N6O. The first-order chi connectivity index (χ1) is 10.5. The van der Waals surface area contributed by atoms with Gasteiger partial charge in [-0.05, 0) is 40.2 Å². The number of likely N-dealkylation sites (tertiary alicyclic amines) is 1. The molecule has 0 saturated carbocycles. The number of aromatic nitrogens is 5. The summed E-state index contributed by atoms with van der Waals surface area (Å²) in [5, 5.41) is 12.7. The summed E-state index contributed by atoms with van der Waals surface area (Å²) in [5.41, 5.74) is 0. The Balaban J connectivity index is 1.77. The lowest BCUT2D eigenvalue weighted by Gasteiger charge is -2.38. The van der Waals surface area contributed by atoms with Gasteiger partial charge in [-0.25, -0.2) is 9.67 Å². The molecule has 0 radical (unpaired) electrons. The molecule has 0 bridgehead atoms. The van der Waals surface area contributed by atoms with Gasteiger partial charge >= 0.3 is 0 Å². The van der Waals surface area contributed by atoms with E-state index in [0.29, 0.717) is 17.8 Å². The maximum absolute atomic E-state index is 5.63. The number of hydrogen-bond acceptors (Lipinski definition) is 6. The summed E-state index contributed by atoms with van der Waals surface area (Å²) in [6.45, 7) is 9.84. The third-order valence-corrected chi connectivity index (χ3v) is 4.42. The molecule has 2 aromatic heterocycles. The second-order valence-corrected chi connectivity index (χ2v) is 6.11. The Bertz CT molecular complexity index is 634. The van der Waals surface area contributed by atoms with Crippen LogP contribution in [-0.2, 0) is 6.54 Å². The van der Waals surface area contributed by atoms with E-state index in [1.165, 1.54) is 12.8 Å². The van der Waals surface area contributed by atoms with Gasteiger partial charge in [0.1, 0.15) is 11.6 Å². The average molecular weight is 304 g/mol. The number of aryl methyl sites for hydroxylation is 3. The van der Waals surface area contributed by atoms with E-state index in [1.807, 2.05) is 25.5 Å². The molecule has 2 atom stereocenters. The predicted molar refractivity (Wildman–Crippen MR) is 81.3 cm³/mol. The van der Waals surface area contributed by atoms with Crippen LogP contribution in [0.3, 0.4) is 0 Å². The van der Waals surface area contributed by atoms with Crippen molar-refractivity contribution in [3.63, 3.8) is 0 Å². The molecule has 0 amide bonds. The van der Waals surface area contributed by atoms with Crippen LogP contribution in [0.2, 0.25) is 0 Å². The van der Waals surface area contributed by atoms with E-state index in [4.69, 9.17) is 4.42 Å². The van der Waals surface area contributed by atoms with Gasteiger partial charge in [-0.2, -0.15) is 5.10 Å². The maximum Gasteiger partial charge on any atom is 0.233 e. The number of nitrogens with zero attached hydrogens (tertiary/aromatic N) is 6. The van der Waals surface area contributed by atoms with Crippen molar-refractivity contribution in [2.24, 2.45) is 0 Å². The second-order valence-electron chi connectivity index (χ2n) is 6.11. The second kappa shape index (κ2) is 6.16. The molecule has 0 N–H and O–H groups in total. The van der Waals surface area contributed by atoms with E-state index in [-0.39, 0.29) is 6.04 Å². The fourth-order valence-electron chi connectivity index (χ4n) is 3.29. The van der Waals surface area contributed by atoms with Crippen molar-refractivity contribution in [1.29, 1.82) is 0 Å². The van der Waals surface area contributed by atoms with Crippen molar-refractivity contribution in [3.8, 4) is 0 Å². The molecule has 1 aliphatic heterocycles. The molecule has 120 valence electrons. The number of piperidine rings is 1. The molecule has 7 nitrogen and oxygen atoms in total. The van der Waals surface area contributed by atoms with Crippen molar-refractivity contribution < 1.29 is 4.42 Å². The minimum Gasteiger partial charge on any atom is -0.424 e. The summed E-state index contributed by atoms with van der Waals surface area (Å²) in [7, 11) is 0. The van der Waals surface area contributed by atoms with Crippen LogP contribution < -0.4 is 0 Å². The van der Waals surface area contributed by atoms with E-state index >= 15 is 0 Å². The Labute approximate surface area is 130 Å². The van der Waals surface area contributed by atoms with Crippen molar-refractivity contribution >= 4 is 0 Å². The lowest BCUT2D eigenvalue weighted by molar-refractivity contribution is 0.0743. The summed E-state index contributed by atoms with van der Waals surface area (Å²) in [5.74, 6) is 3.14. The Morgan fingerprint density at radius 3 is 2.68 bits per heavy atom. The SMILES string of the molecule is Cc1nc(C)n(C[C@@H]2CCCCN2[C@H](C)c2nnc(C)o2)n1. The van der Waals surface area contributed by atoms with Gasteiger partial charge in [0.15, 0.2) is 0 Å². The van der Waals surface area contributed by atoms with Gasteiger partial charge in [0, 0.05) is 13.0 Å². The van der Waals surface area contributed by atoms with E-state index in [2.05, 4.69) is 32.1 Å². The molecule has 1 aliphatic rings. The van der Waals surface area contributed by atoms with Gasteiger partial charge in [0.25, 0.3) is 0 Å². The van der Waals surface area contributed by atoms with Crippen LogP contribution in [0, 0.1) is 20.8 Å². The molecule has 22 heavy (non-hydrogen) atoms. The van der Waals surface area contributed by atoms with Crippen LogP contribution >= 0.6 is 0 Å². The number of rotatable bonds is 4. The van der Waals surface area contributed by atoms with Gasteiger partial charge in [-0.3, -0.25) is 4.90 Å². The third-order valence-electron chi connectivity index (χ3n) is 4.42. The summed E-state index contributed by atoms with van der Waals surface area (Å²) < 4.78 is 7.64. The summed E-state index contributed by atoms with van der Waals surface area (Å²) in [6, 6.07) is 0.562. The van der Waals surface area contributed by atoms with Crippen LogP contribution in [0.1, 0.15) is 55.7 Å². The Morgan fingerprint density at radius 1 is 1.23 bits per heavy atom. The highest BCUT2D eigenvalue weighted by Crippen LogP contribution is 2.28. The van der Waals surface area contributed by atoms with E-state index in [9.17, 15) is 0 Å². The van der Waals surface area contributed by atoms with Crippen molar-refractivity contribution in [1.82, 2.24) is 29.9 Å². The smallest absolute Gasteiger partial charge is 0.233 e. The fourth-order valence-corrected chi connectivity index (χ4v) is 3.29. The van der Waals surface area contributed by atoms with Gasteiger partial charge in [0.05, 0.1) is 12.6 Å². The van der Waals surface area contributed by atoms with Crippen LogP contribution in [0.5, 0.6) is 0 Å². The lowest BCUT2D eigenvalue weighted by atomic mass is 10.00. The first-order valence-electron chi connectivity index (χ1n) is 7.98. The van der Waals surface area contributed by atoms with Crippen LogP contribution in [0.15, 0.2) is 4.42 Å². The molecule has 1 saturated heterocycles. The highest BCUT2D eigenvalue weighted by atomic mass is 16.4. The Morgan fingerprint density at radius 2 is 2.05 bits per heavy atom. The normalized spacial score (nSPS) is 21.2. The highest BCUT2D eigenvalue weighted by Gasteiger charge is 2.30. The minimum atomic E-state index is 0.136. The van der Waals surface area contributed by atoms with Crippen molar-refractivity contribution in [2.75, 3.05) is 6.54 Å². The molecule has 2 aromatic rings. The third kappa shape index (κ3) is 3.04. The van der Waals surface area contributed by atoms with Gasteiger partial charge in [0.2, 0.25) is 11.8 Å². The molecule has 1 fully saturated rings. The fraction of sp³-hybridized carbons (Fsp3) is 0.733. The first-order valence-corrected chi connectivity index (χ1v) is 7.98. The summed E-state index contributed by atoms with van der Waals surface area (Å²) in [4.78, 5) is 6.87. The molecule has 3 rings (SSSR count). The monoisotopic (exact) mass is 304 g/mol. The molecule has 0 spiro atoms. The van der Waals surface area contributed by atoms with Crippen molar-refractivity contribution in [3.05, 3.63) is 23.4 Å². The van der Waals surface area contributed by atoms with Crippen LogP contribution in [-0.4, -0.2) is 42.4 Å². The quantitative estimate of drug-likeness (QED) is 0.862. The highest BCUT2D eigenvalue weighted by molar-refractivity contribution is 4.94. The predicted octanol–water partition coefficient (Wildman–Crippen LogP) is 2.20. The Kier molecular flexibility index (Phi) is 4.24. The van der Waals surface area contributed by atoms with E-state index in [1.54, 1.807) is 0 Å². The van der Waals surface area contributed by atoms with Crippen molar-refractivity contribution in [2.45, 2.75) is 65.6 Å². The molecule has 3 heterocycles. The van der Waals surface area contributed by atoms with Crippen LogP contribution in [0.4, 0.5) is 0 Å². The first kappa shape index (κ1) is 15.1. The number of hydrogen-bond donors (Lipinski definition) is 0. The van der Waals surface area contributed by atoms with Gasteiger partial charge < -0.3 is 4.42 Å². The maximum atomic E-state index is 5.63. The Hall–Kier alpha value is -1.76. The summed E-state index contributed by atoms with van der Waals surface area (Å²) in [6.07, 6.45) is 3.63. The molecular weight excluding hydrogens is 280 g/mol. The largest absolute Gasteiger partial charge is 0.424 e. The zero-order chi connectivity index (χ0) is 15.7. The molecule has 0 aliphatic carbocycles. The van der Waals surface area contributed by atoms with Gasteiger partial charge in [-0.15, -0.1) is 10.2 Å². The standard InChI is InChI=1S/C15H24N6O/c1-10(15-18-17-13(4)22-15)20-8-6-5-7-14(20)9-21-12(3)16-11(2)19-21/h10,14H,5-9H2,1-4H3/t10-,14+/m1/s1. The van der Waals surface area contributed by atoms with Crippen LogP contribution in [0.25, 0.3) is 0 Å². The molecule has 0 unspecified atom stereocenters. The minimum absolute atomic E-state index is 0.136. The zero-order valence-corrected chi connectivity index (χ0v) is 13.8. The molecule has 0 aromatic carbocycles. The van der Waals surface area contributed by atoms with Gasteiger partial charge in [-0.1, -0.05) is 6.42 Å². The topological polar surface area (TPSA) is 72.9 Å². The van der Waals surface area contributed by atoms with E-state index in [0.717, 1.165) is 31.2 Å². The summed E-state index contributed by atoms with van der Waals surface area (Å²) >= 11 is 0. The van der Waals surface area contributed by atoms with E-state index < -0.39 is 0 Å². The zero-order valence-electron chi connectivity index (χ0n) is 13.8. The molecule has 7 heteroatoms. The lowest BCUT2D eigenvalue weighted by Crippen LogP contribution is -2.43. The average Bonchev–Trinajstić information content (AvgIpc) is 3.05.